The lowest BCUT2D eigenvalue weighted by molar-refractivity contribution is 0.0660. The summed E-state index contributed by atoms with van der Waals surface area (Å²) in [6.45, 7) is 2.33. The number of benzene rings is 1. The summed E-state index contributed by atoms with van der Waals surface area (Å²) in [5, 5.41) is 16.5. The SMILES string of the molecule is Cc1nn(Cc2cccc(Cl)c2)cc1C(=O)NCc1ccc(C(=O)O)o1. The predicted molar refractivity (Wildman–Crippen MR) is 94.4 cm³/mol. The Bertz CT molecular complexity index is 961. The fourth-order valence-electron chi connectivity index (χ4n) is 2.49. The topological polar surface area (TPSA) is 97.4 Å². The number of aryl methyl sites for hydroxylation is 1. The van der Waals surface area contributed by atoms with Crippen molar-refractivity contribution in [1.82, 2.24) is 15.1 Å². The van der Waals surface area contributed by atoms with E-state index in [0.29, 0.717) is 28.6 Å². The monoisotopic (exact) mass is 373 g/mol. The van der Waals surface area contributed by atoms with Gasteiger partial charge in [0, 0.05) is 11.2 Å². The van der Waals surface area contributed by atoms with Crippen LogP contribution in [0.5, 0.6) is 0 Å². The zero-order valence-electron chi connectivity index (χ0n) is 13.9. The largest absolute Gasteiger partial charge is 0.475 e. The highest BCUT2D eigenvalue weighted by atomic mass is 35.5. The summed E-state index contributed by atoms with van der Waals surface area (Å²) in [6, 6.07) is 10.3. The third kappa shape index (κ3) is 4.12. The molecule has 0 aliphatic carbocycles. The van der Waals surface area contributed by atoms with Crippen molar-refractivity contribution in [1.29, 1.82) is 0 Å². The molecule has 26 heavy (non-hydrogen) atoms. The number of rotatable bonds is 6. The third-order valence-electron chi connectivity index (χ3n) is 3.72. The minimum absolute atomic E-state index is 0.0883. The first-order valence-corrected chi connectivity index (χ1v) is 8.19. The van der Waals surface area contributed by atoms with E-state index in [9.17, 15) is 9.59 Å². The number of carboxylic acid groups (broad SMARTS) is 1. The van der Waals surface area contributed by atoms with Gasteiger partial charge in [-0.3, -0.25) is 9.48 Å². The highest BCUT2D eigenvalue weighted by Gasteiger charge is 2.15. The Balaban J connectivity index is 1.65. The van der Waals surface area contributed by atoms with Crippen molar-refractivity contribution >= 4 is 23.5 Å². The molecule has 0 bridgehead atoms. The summed E-state index contributed by atoms with van der Waals surface area (Å²) >= 11 is 5.98. The van der Waals surface area contributed by atoms with Gasteiger partial charge in [-0.2, -0.15) is 5.10 Å². The van der Waals surface area contributed by atoms with Gasteiger partial charge in [-0.25, -0.2) is 4.79 Å². The van der Waals surface area contributed by atoms with Gasteiger partial charge in [0.1, 0.15) is 5.76 Å². The van der Waals surface area contributed by atoms with Crippen molar-refractivity contribution in [2.45, 2.75) is 20.0 Å². The molecule has 3 aromatic rings. The van der Waals surface area contributed by atoms with Gasteiger partial charge < -0.3 is 14.8 Å². The molecule has 1 aromatic carbocycles. The van der Waals surface area contributed by atoms with Crippen molar-refractivity contribution < 1.29 is 19.1 Å². The van der Waals surface area contributed by atoms with Gasteiger partial charge in [-0.1, -0.05) is 23.7 Å². The molecule has 3 rings (SSSR count). The quantitative estimate of drug-likeness (QED) is 0.691. The fraction of sp³-hybridized carbons (Fsp3) is 0.167. The van der Waals surface area contributed by atoms with Crippen LogP contribution in [-0.2, 0) is 13.1 Å². The Morgan fingerprint density at radius 2 is 2.12 bits per heavy atom. The molecule has 0 spiro atoms. The maximum atomic E-state index is 12.4. The number of aromatic carboxylic acids is 1. The minimum Gasteiger partial charge on any atom is -0.475 e. The van der Waals surface area contributed by atoms with Gasteiger partial charge in [-0.15, -0.1) is 0 Å². The molecule has 0 saturated heterocycles. The first-order chi connectivity index (χ1) is 12.4. The van der Waals surface area contributed by atoms with E-state index in [4.69, 9.17) is 21.1 Å². The Labute approximate surface area is 154 Å². The van der Waals surface area contributed by atoms with Gasteiger partial charge in [-0.05, 0) is 36.8 Å². The van der Waals surface area contributed by atoms with Crippen molar-refractivity contribution in [3.05, 3.63) is 76.0 Å². The van der Waals surface area contributed by atoms with Crippen LogP contribution in [0.4, 0.5) is 0 Å². The van der Waals surface area contributed by atoms with Crippen LogP contribution in [-0.4, -0.2) is 26.8 Å². The van der Waals surface area contributed by atoms with E-state index in [1.165, 1.54) is 12.1 Å². The molecule has 2 heterocycles. The summed E-state index contributed by atoms with van der Waals surface area (Å²) in [6.07, 6.45) is 1.66. The molecular formula is C18H16ClN3O4. The number of carboxylic acids is 1. The number of hydrogen-bond donors (Lipinski definition) is 2. The lowest BCUT2D eigenvalue weighted by atomic mass is 10.2. The van der Waals surface area contributed by atoms with Crippen LogP contribution in [0.15, 0.2) is 47.0 Å². The first kappa shape index (κ1) is 17.8. The maximum absolute atomic E-state index is 12.4. The Kier molecular flexibility index (Phi) is 5.09. The molecule has 2 aromatic heterocycles. The van der Waals surface area contributed by atoms with Crippen LogP contribution < -0.4 is 5.32 Å². The molecule has 0 atom stereocenters. The normalized spacial score (nSPS) is 10.7. The van der Waals surface area contributed by atoms with Crippen LogP contribution in [0.1, 0.15) is 37.9 Å². The molecule has 8 heteroatoms. The van der Waals surface area contributed by atoms with E-state index in [0.717, 1.165) is 5.56 Å². The predicted octanol–water partition coefficient (Wildman–Crippen LogP) is 3.11. The van der Waals surface area contributed by atoms with Gasteiger partial charge in [0.2, 0.25) is 5.76 Å². The van der Waals surface area contributed by atoms with Crippen LogP contribution in [0.25, 0.3) is 0 Å². The second-order valence-corrected chi connectivity index (χ2v) is 6.15. The van der Waals surface area contributed by atoms with Gasteiger partial charge in [0.25, 0.3) is 5.91 Å². The van der Waals surface area contributed by atoms with E-state index < -0.39 is 5.97 Å². The third-order valence-corrected chi connectivity index (χ3v) is 3.96. The number of carbonyl (C=O) groups excluding carboxylic acids is 1. The van der Waals surface area contributed by atoms with Crippen LogP contribution >= 0.6 is 11.6 Å². The number of aromatic nitrogens is 2. The van der Waals surface area contributed by atoms with E-state index in [-0.39, 0.29) is 18.2 Å². The van der Waals surface area contributed by atoms with Crippen molar-refractivity contribution in [2.24, 2.45) is 0 Å². The second-order valence-electron chi connectivity index (χ2n) is 5.71. The van der Waals surface area contributed by atoms with Crippen LogP contribution in [0.3, 0.4) is 0 Å². The smallest absolute Gasteiger partial charge is 0.371 e. The van der Waals surface area contributed by atoms with Crippen molar-refractivity contribution in [3.8, 4) is 0 Å². The minimum atomic E-state index is -1.15. The summed E-state index contributed by atoms with van der Waals surface area (Å²) < 4.78 is 6.78. The van der Waals surface area contributed by atoms with Crippen LogP contribution in [0.2, 0.25) is 5.02 Å². The molecule has 0 fully saturated rings. The standard InChI is InChI=1S/C18H16ClN3O4/c1-11-15(10-22(21-11)9-12-3-2-4-13(19)7-12)17(23)20-8-14-5-6-16(26-14)18(24)25/h2-7,10H,8-9H2,1H3,(H,20,23)(H,24,25). The Morgan fingerprint density at radius 1 is 1.31 bits per heavy atom. The molecule has 2 N–H and O–H groups in total. The summed E-state index contributed by atoms with van der Waals surface area (Å²) in [4.78, 5) is 23.1. The molecule has 0 unspecified atom stereocenters. The van der Waals surface area contributed by atoms with Gasteiger partial charge in [0.05, 0.1) is 24.3 Å². The maximum Gasteiger partial charge on any atom is 0.371 e. The van der Waals surface area contributed by atoms with Crippen molar-refractivity contribution in [3.63, 3.8) is 0 Å². The molecule has 0 saturated carbocycles. The summed E-state index contributed by atoms with van der Waals surface area (Å²) in [7, 11) is 0. The van der Waals surface area contributed by atoms with E-state index >= 15 is 0 Å². The molecule has 0 aliphatic rings. The molecule has 0 radical (unpaired) electrons. The number of hydrogen-bond acceptors (Lipinski definition) is 4. The van der Waals surface area contributed by atoms with E-state index in [1.807, 2.05) is 18.2 Å². The van der Waals surface area contributed by atoms with E-state index in [2.05, 4.69) is 10.4 Å². The lowest BCUT2D eigenvalue weighted by Gasteiger charge is -2.02. The fourth-order valence-corrected chi connectivity index (χ4v) is 2.71. The molecule has 134 valence electrons. The summed E-state index contributed by atoms with van der Waals surface area (Å²) in [5.74, 6) is -1.27. The van der Waals surface area contributed by atoms with E-state index in [1.54, 1.807) is 23.9 Å². The Hall–Kier alpha value is -3.06. The number of nitrogens with one attached hydrogen (secondary N) is 1. The number of nitrogens with zero attached hydrogens (tertiary/aromatic N) is 2. The number of carbonyl (C=O) groups is 2. The first-order valence-electron chi connectivity index (χ1n) is 7.81. The average molecular weight is 374 g/mol. The van der Waals surface area contributed by atoms with Gasteiger partial charge in [0.15, 0.2) is 0 Å². The van der Waals surface area contributed by atoms with Gasteiger partial charge >= 0.3 is 5.97 Å². The number of furan rings is 1. The lowest BCUT2D eigenvalue weighted by Crippen LogP contribution is -2.22. The summed E-state index contributed by atoms with van der Waals surface area (Å²) in [5.41, 5.74) is 2.01. The number of amides is 1. The number of halogens is 1. The molecule has 7 nitrogen and oxygen atoms in total. The zero-order chi connectivity index (χ0) is 18.7. The second kappa shape index (κ2) is 7.45. The van der Waals surface area contributed by atoms with Crippen LogP contribution in [0, 0.1) is 6.92 Å². The highest BCUT2D eigenvalue weighted by Crippen LogP contribution is 2.14. The molecular weight excluding hydrogens is 358 g/mol. The van der Waals surface area contributed by atoms with Crippen molar-refractivity contribution in [2.75, 3.05) is 0 Å². The highest BCUT2D eigenvalue weighted by molar-refractivity contribution is 6.30. The molecule has 0 aliphatic heterocycles. The zero-order valence-corrected chi connectivity index (χ0v) is 14.7. The molecule has 1 amide bonds. The average Bonchev–Trinajstić information content (AvgIpc) is 3.19. The Morgan fingerprint density at radius 3 is 2.81 bits per heavy atom.